The topological polar surface area (TPSA) is 79.0 Å². The first-order valence-corrected chi connectivity index (χ1v) is 7.73. The number of carbonyl (C=O) groups excluding carboxylic acids is 3. The SMILES string of the molecule is C[C@@H]1CN[C@@H](CN2C(=O)CCC2=O)CN1C(=O)OC(C)(C)C. The lowest BCUT2D eigenvalue weighted by atomic mass is 10.1. The summed E-state index contributed by atoms with van der Waals surface area (Å²) in [4.78, 5) is 38.6. The highest BCUT2D eigenvalue weighted by molar-refractivity contribution is 6.01. The van der Waals surface area contributed by atoms with E-state index >= 15 is 0 Å². The van der Waals surface area contributed by atoms with Gasteiger partial charge < -0.3 is 15.0 Å². The van der Waals surface area contributed by atoms with E-state index in [4.69, 9.17) is 4.74 Å². The van der Waals surface area contributed by atoms with Crippen LogP contribution in [0.1, 0.15) is 40.5 Å². The first-order valence-electron chi connectivity index (χ1n) is 7.73. The Hall–Kier alpha value is -1.63. The Morgan fingerprint density at radius 1 is 1.27 bits per heavy atom. The lowest BCUT2D eigenvalue weighted by Gasteiger charge is -2.40. The van der Waals surface area contributed by atoms with Crippen LogP contribution in [0.4, 0.5) is 4.79 Å². The molecule has 7 heteroatoms. The van der Waals surface area contributed by atoms with Gasteiger partial charge in [0.25, 0.3) is 0 Å². The Morgan fingerprint density at radius 3 is 2.41 bits per heavy atom. The highest BCUT2D eigenvalue weighted by Crippen LogP contribution is 2.17. The molecule has 2 aliphatic rings. The second-order valence-corrected chi connectivity index (χ2v) is 6.98. The molecule has 0 aliphatic carbocycles. The van der Waals surface area contributed by atoms with Gasteiger partial charge in [0.1, 0.15) is 5.60 Å². The maximum absolute atomic E-state index is 12.3. The number of nitrogens with zero attached hydrogens (tertiary/aromatic N) is 2. The van der Waals surface area contributed by atoms with Crippen LogP contribution in [-0.2, 0) is 14.3 Å². The molecule has 2 fully saturated rings. The lowest BCUT2D eigenvalue weighted by molar-refractivity contribution is -0.138. The first-order chi connectivity index (χ1) is 10.2. The quantitative estimate of drug-likeness (QED) is 0.761. The highest BCUT2D eigenvalue weighted by atomic mass is 16.6. The summed E-state index contributed by atoms with van der Waals surface area (Å²) in [7, 11) is 0. The van der Waals surface area contributed by atoms with Crippen molar-refractivity contribution in [1.29, 1.82) is 0 Å². The number of piperazine rings is 1. The fourth-order valence-corrected chi connectivity index (χ4v) is 2.67. The molecule has 7 nitrogen and oxygen atoms in total. The smallest absolute Gasteiger partial charge is 0.410 e. The molecule has 2 atom stereocenters. The Kier molecular flexibility index (Phi) is 4.75. The summed E-state index contributed by atoms with van der Waals surface area (Å²) in [5.74, 6) is -0.261. The van der Waals surface area contributed by atoms with E-state index in [1.807, 2.05) is 27.7 Å². The summed E-state index contributed by atoms with van der Waals surface area (Å²) in [5.41, 5.74) is -0.544. The summed E-state index contributed by atoms with van der Waals surface area (Å²) >= 11 is 0. The summed E-state index contributed by atoms with van der Waals surface area (Å²) in [6, 6.07) is -0.106. The molecule has 0 aromatic carbocycles. The Labute approximate surface area is 131 Å². The monoisotopic (exact) mass is 311 g/mol. The van der Waals surface area contributed by atoms with Gasteiger partial charge in [0.05, 0.1) is 0 Å². The third-order valence-corrected chi connectivity index (χ3v) is 3.84. The summed E-state index contributed by atoms with van der Waals surface area (Å²) < 4.78 is 5.42. The minimum absolute atomic E-state index is 0.0103. The molecule has 1 N–H and O–H groups in total. The second kappa shape index (κ2) is 6.24. The van der Waals surface area contributed by atoms with E-state index in [-0.39, 0.29) is 42.8 Å². The number of imide groups is 1. The van der Waals surface area contributed by atoms with Crippen molar-refractivity contribution in [3.63, 3.8) is 0 Å². The lowest BCUT2D eigenvalue weighted by Crippen LogP contribution is -2.61. The van der Waals surface area contributed by atoms with E-state index in [0.717, 1.165) is 0 Å². The Morgan fingerprint density at radius 2 is 1.86 bits per heavy atom. The molecular formula is C15H25N3O4. The fourth-order valence-electron chi connectivity index (χ4n) is 2.67. The van der Waals surface area contributed by atoms with Crippen LogP contribution in [0.2, 0.25) is 0 Å². The zero-order valence-electron chi connectivity index (χ0n) is 13.7. The molecule has 0 aromatic heterocycles. The predicted octanol–water partition coefficient (Wildman–Crippen LogP) is 0.733. The van der Waals surface area contributed by atoms with Crippen LogP contribution in [0.25, 0.3) is 0 Å². The first kappa shape index (κ1) is 16.7. The van der Waals surface area contributed by atoms with Crippen LogP contribution in [0.5, 0.6) is 0 Å². The van der Waals surface area contributed by atoms with Crippen LogP contribution in [0.15, 0.2) is 0 Å². The standard InChI is InChI=1S/C15H25N3O4/c1-10-7-16-11(9-18-12(19)5-6-13(18)20)8-17(10)14(21)22-15(2,3)4/h10-11,16H,5-9H2,1-4H3/t10-,11-/m1/s1. The van der Waals surface area contributed by atoms with Crippen LogP contribution in [0, 0.1) is 0 Å². The third-order valence-electron chi connectivity index (χ3n) is 3.84. The Balaban J connectivity index is 1.97. The molecule has 0 spiro atoms. The van der Waals surface area contributed by atoms with Crippen molar-refractivity contribution in [2.75, 3.05) is 19.6 Å². The molecule has 0 radical (unpaired) electrons. The van der Waals surface area contributed by atoms with E-state index in [9.17, 15) is 14.4 Å². The van der Waals surface area contributed by atoms with E-state index in [1.54, 1.807) is 4.90 Å². The van der Waals surface area contributed by atoms with Crippen LogP contribution in [-0.4, -0.2) is 65.0 Å². The van der Waals surface area contributed by atoms with Crippen molar-refractivity contribution in [2.24, 2.45) is 0 Å². The third kappa shape index (κ3) is 3.97. The van der Waals surface area contributed by atoms with Crippen molar-refractivity contribution >= 4 is 17.9 Å². The van der Waals surface area contributed by atoms with Gasteiger partial charge in [0, 0.05) is 44.6 Å². The van der Waals surface area contributed by atoms with Gasteiger partial charge in [0.15, 0.2) is 0 Å². The summed E-state index contributed by atoms with van der Waals surface area (Å²) in [6.45, 7) is 8.78. The van der Waals surface area contributed by atoms with Gasteiger partial charge in [-0.15, -0.1) is 0 Å². The molecule has 0 saturated carbocycles. The predicted molar refractivity (Wildman–Crippen MR) is 80.1 cm³/mol. The number of carbonyl (C=O) groups is 3. The van der Waals surface area contributed by atoms with Crippen molar-refractivity contribution < 1.29 is 19.1 Å². The molecule has 124 valence electrons. The van der Waals surface area contributed by atoms with E-state index in [2.05, 4.69) is 5.32 Å². The van der Waals surface area contributed by atoms with Crippen molar-refractivity contribution in [3.8, 4) is 0 Å². The van der Waals surface area contributed by atoms with Crippen molar-refractivity contribution in [2.45, 2.75) is 58.2 Å². The number of likely N-dealkylation sites (tertiary alicyclic amines) is 1. The molecule has 2 saturated heterocycles. The molecule has 0 unspecified atom stereocenters. The highest BCUT2D eigenvalue weighted by Gasteiger charge is 2.36. The Bertz CT molecular complexity index is 456. The molecular weight excluding hydrogens is 286 g/mol. The molecule has 0 aromatic rings. The number of nitrogens with one attached hydrogen (secondary N) is 1. The van der Waals surface area contributed by atoms with Crippen molar-refractivity contribution in [3.05, 3.63) is 0 Å². The van der Waals surface area contributed by atoms with Gasteiger partial charge in [-0.2, -0.15) is 0 Å². The van der Waals surface area contributed by atoms with Crippen LogP contribution >= 0.6 is 0 Å². The number of hydrogen-bond donors (Lipinski definition) is 1. The van der Waals surface area contributed by atoms with Gasteiger partial charge in [0.2, 0.25) is 11.8 Å². The van der Waals surface area contributed by atoms with Crippen LogP contribution < -0.4 is 5.32 Å². The van der Waals surface area contributed by atoms with Crippen molar-refractivity contribution in [1.82, 2.24) is 15.1 Å². The molecule has 2 aliphatic heterocycles. The van der Waals surface area contributed by atoms with Gasteiger partial charge >= 0.3 is 6.09 Å². The van der Waals surface area contributed by atoms with Gasteiger partial charge in [-0.3, -0.25) is 14.5 Å². The molecule has 2 heterocycles. The number of ether oxygens (including phenoxy) is 1. The summed E-state index contributed by atoms with van der Waals surface area (Å²) in [6.07, 6.45) is 0.223. The fraction of sp³-hybridized carbons (Fsp3) is 0.800. The normalized spacial score (nSPS) is 26.5. The summed E-state index contributed by atoms with van der Waals surface area (Å²) in [5, 5.41) is 3.29. The largest absolute Gasteiger partial charge is 0.444 e. The molecule has 2 rings (SSSR count). The molecule has 3 amide bonds. The second-order valence-electron chi connectivity index (χ2n) is 6.98. The maximum Gasteiger partial charge on any atom is 0.410 e. The van der Waals surface area contributed by atoms with Gasteiger partial charge in [-0.1, -0.05) is 0 Å². The molecule has 0 bridgehead atoms. The van der Waals surface area contributed by atoms with E-state index in [0.29, 0.717) is 19.6 Å². The van der Waals surface area contributed by atoms with E-state index < -0.39 is 5.60 Å². The minimum Gasteiger partial charge on any atom is -0.444 e. The zero-order valence-corrected chi connectivity index (χ0v) is 13.7. The minimum atomic E-state index is -0.544. The number of hydrogen-bond acceptors (Lipinski definition) is 5. The maximum atomic E-state index is 12.3. The number of rotatable bonds is 2. The number of amides is 3. The average molecular weight is 311 g/mol. The average Bonchev–Trinajstić information content (AvgIpc) is 2.70. The molecule has 22 heavy (non-hydrogen) atoms. The van der Waals surface area contributed by atoms with Gasteiger partial charge in [-0.25, -0.2) is 4.79 Å². The zero-order chi connectivity index (χ0) is 16.5. The van der Waals surface area contributed by atoms with Gasteiger partial charge in [-0.05, 0) is 27.7 Å². The van der Waals surface area contributed by atoms with E-state index in [1.165, 1.54) is 4.90 Å². The van der Waals surface area contributed by atoms with Crippen LogP contribution in [0.3, 0.4) is 0 Å².